The summed E-state index contributed by atoms with van der Waals surface area (Å²) >= 11 is 0. The fourth-order valence-corrected chi connectivity index (χ4v) is 1.13. The Morgan fingerprint density at radius 2 is 2.00 bits per heavy atom. The smallest absolute Gasteiger partial charge is 0.330 e. The number of halogens is 3. The predicted molar refractivity (Wildman–Crippen MR) is 57.8 cm³/mol. The number of hydrogen-bond donors (Lipinski definition) is 2. The van der Waals surface area contributed by atoms with E-state index < -0.39 is 12.7 Å². The van der Waals surface area contributed by atoms with Crippen LogP contribution in [0.2, 0.25) is 0 Å². The normalized spacial score (nSPS) is 13.1. The van der Waals surface area contributed by atoms with Crippen LogP contribution in [0.3, 0.4) is 0 Å². The second-order valence-electron chi connectivity index (χ2n) is 3.69. The maximum absolute atomic E-state index is 12.3. The van der Waals surface area contributed by atoms with E-state index in [1.165, 1.54) is 0 Å². The summed E-state index contributed by atoms with van der Waals surface area (Å²) in [4.78, 5) is 5.07. The molecule has 0 bridgehead atoms. The van der Waals surface area contributed by atoms with Crippen LogP contribution >= 0.6 is 0 Å². The van der Waals surface area contributed by atoms with Gasteiger partial charge in [0.25, 0.3) is 0 Å². The molecule has 7 heteroatoms. The second kappa shape index (κ2) is 6.57. The topological polar surface area (TPSA) is 53.6 Å². The Bertz CT molecular complexity index is 225. The molecule has 16 heavy (non-hydrogen) atoms. The first-order chi connectivity index (χ1) is 7.31. The van der Waals surface area contributed by atoms with Crippen LogP contribution in [0.5, 0.6) is 0 Å². The number of aliphatic imine (C=N–C) groups is 1. The van der Waals surface area contributed by atoms with Crippen LogP contribution in [0.25, 0.3) is 0 Å². The maximum atomic E-state index is 12.3. The standard InChI is InChI=1S/C9H19F3N4/c1-4-5-14-8(15-13)16(7(2)3)6-9(10,11)12/h7H,4-6,13H2,1-3H3,(H,14,15). The lowest BCUT2D eigenvalue weighted by atomic mass is 10.3. The highest BCUT2D eigenvalue weighted by atomic mass is 19.4. The molecule has 0 unspecified atom stereocenters. The van der Waals surface area contributed by atoms with Gasteiger partial charge < -0.3 is 4.90 Å². The van der Waals surface area contributed by atoms with Crippen LogP contribution in [0, 0.1) is 0 Å². The van der Waals surface area contributed by atoms with Crippen molar-refractivity contribution in [2.45, 2.75) is 39.4 Å². The first-order valence-electron chi connectivity index (χ1n) is 5.16. The zero-order chi connectivity index (χ0) is 12.8. The van der Waals surface area contributed by atoms with Gasteiger partial charge >= 0.3 is 6.18 Å². The van der Waals surface area contributed by atoms with E-state index >= 15 is 0 Å². The molecule has 0 amide bonds. The van der Waals surface area contributed by atoms with Crippen molar-refractivity contribution < 1.29 is 13.2 Å². The number of alkyl halides is 3. The maximum Gasteiger partial charge on any atom is 0.406 e. The van der Waals surface area contributed by atoms with Crippen molar-refractivity contribution in [1.82, 2.24) is 10.3 Å². The molecule has 0 heterocycles. The highest BCUT2D eigenvalue weighted by molar-refractivity contribution is 5.79. The quantitative estimate of drug-likeness (QED) is 0.339. The Hall–Kier alpha value is -0.980. The van der Waals surface area contributed by atoms with Crippen molar-refractivity contribution in [3.63, 3.8) is 0 Å². The molecule has 96 valence electrons. The van der Waals surface area contributed by atoms with Crippen molar-refractivity contribution in [3.05, 3.63) is 0 Å². The van der Waals surface area contributed by atoms with Gasteiger partial charge in [0.2, 0.25) is 5.96 Å². The molecule has 0 aliphatic carbocycles. The average molecular weight is 240 g/mol. The van der Waals surface area contributed by atoms with E-state index in [0.717, 1.165) is 11.3 Å². The number of nitrogens with two attached hydrogens (primary N) is 1. The molecule has 0 aliphatic rings. The zero-order valence-corrected chi connectivity index (χ0v) is 9.80. The lowest BCUT2D eigenvalue weighted by molar-refractivity contribution is -0.140. The molecule has 0 atom stereocenters. The number of hydrogen-bond acceptors (Lipinski definition) is 2. The van der Waals surface area contributed by atoms with Gasteiger partial charge in [-0.05, 0) is 20.3 Å². The molecule has 0 saturated carbocycles. The minimum absolute atomic E-state index is 0.0779. The number of nitrogens with one attached hydrogen (secondary N) is 1. The lowest BCUT2D eigenvalue weighted by Crippen LogP contribution is -2.51. The van der Waals surface area contributed by atoms with Gasteiger partial charge in [-0.1, -0.05) is 6.92 Å². The molecule has 0 saturated heterocycles. The van der Waals surface area contributed by atoms with Gasteiger partial charge in [-0.2, -0.15) is 13.2 Å². The Morgan fingerprint density at radius 3 is 2.31 bits per heavy atom. The third kappa shape index (κ3) is 5.79. The summed E-state index contributed by atoms with van der Waals surface area (Å²) < 4.78 is 37.0. The largest absolute Gasteiger partial charge is 0.406 e. The summed E-state index contributed by atoms with van der Waals surface area (Å²) in [6.45, 7) is 4.59. The van der Waals surface area contributed by atoms with Crippen LogP contribution in [0.15, 0.2) is 4.99 Å². The van der Waals surface area contributed by atoms with E-state index in [0.29, 0.717) is 6.54 Å². The Morgan fingerprint density at radius 1 is 1.44 bits per heavy atom. The highest BCUT2D eigenvalue weighted by Gasteiger charge is 2.33. The van der Waals surface area contributed by atoms with E-state index in [-0.39, 0.29) is 12.0 Å². The molecule has 0 aromatic rings. The molecule has 0 fully saturated rings. The van der Waals surface area contributed by atoms with E-state index in [9.17, 15) is 13.2 Å². The minimum atomic E-state index is -4.27. The lowest BCUT2D eigenvalue weighted by Gasteiger charge is -2.30. The molecule has 0 aromatic heterocycles. The Labute approximate surface area is 93.7 Å². The minimum Gasteiger partial charge on any atom is -0.330 e. The zero-order valence-electron chi connectivity index (χ0n) is 9.80. The fraction of sp³-hybridized carbons (Fsp3) is 0.889. The van der Waals surface area contributed by atoms with Crippen molar-refractivity contribution >= 4 is 5.96 Å². The van der Waals surface area contributed by atoms with E-state index in [1.54, 1.807) is 13.8 Å². The summed E-state index contributed by atoms with van der Waals surface area (Å²) in [6.07, 6.45) is -3.52. The van der Waals surface area contributed by atoms with Crippen molar-refractivity contribution in [3.8, 4) is 0 Å². The molecule has 3 N–H and O–H groups in total. The van der Waals surface area contributed by atoms with Crippen LogP contribution in [-0.2, 0) is 0 Å². The second-order valence-corrected chi connectivity index (χ2v) is 3.69. The molecule has 0 aromatic carbocycles. The van der Waals surface area contributed by atoms with E-state index in [1.807, 2.05) is 6.92 Å². The first-order valence-corrected chi connectivity index (χ1v) is 5.16. The molecule has 0 rings (SSSR count). The van der Waals surface area contributed by atoms with Gasteiger partial charge in [0, 0.05) is 12.6 Å². The number of hydrazine groups is 1. The van der Waals surface area contributed by atoms with Crippen molar-refractivity contribution in [1.29, 1.82) is 0 Å². The Kier molecular flexibility index (Phi) is 6.17. The van der Waals surface area contributed by atoms with Gasteiger partial charge in [0.1, 0.15) is 6.54 Å². The monoisotopic (exact) mass is 240 g/mol. The summed E-state index contributed by atoms with van der Waals surface area (Å²) in [5.74, 6) is 5.26. The average Bonchev–Trinajstić information content (AvgIpc) is 2.15. The number of guanidine groups is 1. The first kappa shape index (κ1) is 15.0. The number of rotatable bonds is 4. The van der Waals surface area contributed by atoms with E-state index in [2.05, 4.69) is 10.4 Å². The molecule has 0 radical (unpaired) electrons. The van der Waals surface area contributed by atoms with Gasteiger partial charge in [-0.15, -0.1) is 0 Å². The summed E-state index contributed by atoms with van der Waals surface area (Å²) in [6, 6.07) is -0.326. The van der Waals surface area contributed by atoms with Crippen molar-refractivity contribution in [2.75, 3.05) is 13.1 Å². The van der Waals surface area contributed by atoms with Gasteiger partial charge in [0.15, 0.2) is 0 Å². The molecular weight excluding hydrogens is 221 g/mol. The summed E-state index contributed by atoms with van der Waals surface area (Å²) in [7, 11) is 0. The van der Waals surface area contributed by atoms with Gasteiger partial charge in [-0.25, -0.2) is 5.84 Å². The number of nitrogens with zero attached hydrogens (tertiary/aromatic N) is 2. The summed E-state index contributed by atoms with van der Waals surface area (Å²) in [5, 5.41) is 0. The van der Waals surface area contributed by atoms with E-state index in [4.69, 9.17) is 5.84 Å². The predicted octanol–water partition coefficient (Wildman–Crippen LogP) is 1.49. The third-order valence-corrected chi connectivity index (χ3v) is 1.86. The molecule has 0 spiro atoms. The van der Waals surface area contributed by atoms with Gasteiger partial charge in [0.05, 0.1) is 0 Å². The SMILES string of the molecule is CCCN=C(NN)N(CC(F)(F)F)C(C)C. The third-order valence-electron chi connectivity index (χ3n) is 1.86. The highest BCUT2D eigenvalue weighted by Crippen LogP contribution is 2.18. The van der Waals surface area contributed by atoms with Crippen molar-refractivity contribution in [2.24, 2.45) is 10.8 Å². The summed E-state index contributed by atoms with van der Waals surface area (Å²) in [5.41, 5.74) is 2.22. The molecule has 4 nitrogen and oxygen atoms in total. The van der Waals surface area contributed by atoms with Crippen LogP contribution in [0.4, 0.5) is 13.2 Å². The Balaban J connectivity index is 4.73. The fourth-order valence-electron chi connectivity index (χ4n) is 1.13. The molecular formula is C9H19F3N4. The van der Waals surface area contributed by atoms with Gasteiger partial charge in [-0.3, -0.25) is 10.4 Å². The van der Waals surface area contributed by atoms with Crippen LogP contribution in [0.1, 0.15) is 27.2 Å². The van der Waals surface area contributed by atoms with Crippen LogP contribution in [-0.4, -0.2) is 36.2 Å². The van der Waals surface area contributed by atoms with Crippen LogP contribution < -0.4 is 11.3 Å². The molecule has 0 aliphatic heterocycles.